The number of para-hydroxylation sites is 1. The van der Waals surface area contributed by atoms with E-state index in [1.54, 1.807) is 0 Å². The van der Waals surface area contributed by atoms with Crippen LogP contribution < -0.4 is 10.6 Å². The maximum atomic E-state index is 12.2. The molecule has 1 saturated carbocycles. The second-order valence-corrected chi connectivity index (χ2v) is 7.47. The first-order valence-corrected chi connectivity index (χ1v) is 10.3. The number of nitrogens with zero attached hydrogens (tertiary/aromatic N) is 6. The molecule has 31 heavy (non-hydrogen) atoms. The van der Waals surface area contributed by atoms with Gasteiger partial charge in [-0.3, -0.25) is 0 Å². The molecular formula is C22H22N8O. The second-order valence-electron chi connectivity index (χ2n) is 7.47. The average Bonchev–Trinajstić information content (AvgIpc) is 3.33. The molecule has 2 N–H and O–H groups in total. The lowest BCUT2D eigenvalue weighted by atomic mass is 10.2. The van der Waals surface area contributed by atoms with Gasteiger partial charge in [0.15, 0.2) is 5.82 Å². The van der Waals surface area contributed by atoms with Crippen LogP contribution >= 0.6 is 0 Å². The number of aromatic nitrogens is 6. The minimum absolute atomic E-state index is 0.252. The van der Waals surface area contributed by atoms with Gasteiger partial charge in [0.25, 0.3) is 0 Å². The highest BCUT2D eigenvalue weighted by atomic mass is 16.2. The lowest BCUT2D eigenvalue weighted by Crippen LogP contribution is -2.30. The van der Waals surface area contributed by atoms with Crippen molar-refractivity contribution >= 4 is 11.7 Å². The Kier molecular flexibility index (Phi) is 5.14. The van der Waals surface area contributed by atoms with Gasteiger partial charge in [-0.1, -0.05) is 18.2 Å². The SMILES string of the molecule is O=C(NCCc1ccn(-c2ccccc2)n1)Nc1ccc(-c2nnnn2C2CC2)cc1. The first kappa shape index (κ1) is 19.0. The van der Waals surface area contributed by atoms with Crippen molar-refractivity contribution in [1.29, 1.82) is 0 Å². The number of hydrogen-bond acceptors (Lipinski definition) is 5. The first-order valence-electron chi connectivity index (χ1n) is 10.3. The molecule has 5 rings (SSSR count). The van der Waals surface area contributed by atoms with Crippen LogP contribution in [-0.2, 0) is 6.42 Å². The number of hydrogen-bond donors (Lipinski definition) is 2. The van der Waals surface area contributed by atoms with Gasteiger partial charge in [-0.15, -0.1) is 5.10 Å². The quantitative estimate of drug-likeness (QED) is 0.483. The van der Waals surface area contributed by atoms with Gasteiger partial charge in [-0.25, -0.2) is 14.2 Å². The van der Waals surface area contributed by atoms with Crippen LogP contribution in [0, 0.1) is 0 Å². The lowest BCUT2D eigenvalue weighted by Gasteiger charge is -2.08. The molecule has 156 valence electrons. The Morgan fingerprint density at radius 3 is 2.61 bits per heavy atom. The molecule has 0 bridgehead atoms. The fourth-order valence-electron chi connectivity index (χ4n) is 3.35. The number of amides is 2. The molecule has 4 aromatic rings. The molecule has 2 aromatic heterocycles. The number of anilines is 1. The van der Waals surface area contributed by atoms with Gasteiger partial charge in [0.2, 0.25) is 0 Å². The summed E-state index contributed by atoms with van der Waals surface area (Å²) in [4.78, 5) is 12.2. The molecule has 0 spiro atoms. The van der Waals surface area contributed by atoms with Gasteiger partial charge in [0, 0.05) is 30.4 Å². The van der Waals surface area contributed by atoms with Crippen molar-refractivity contribution < 1.29 is 4.79 Å². The van der Waals surface area contributed by atoms with Crippen molar-refractivity contribution in [3.05, 3.63) is 72.6 Å². The van der Waals surface area contributed by atoms with Crippen LogP contribution in [0.5, 0.6) is 0 Å². The molecular weight excluding hydrogens is 392 g/mol. The van der Waals surface area contributed by atoms with Crippen molar-refractivity contribution in [3.8, 4) is 17.1 Å². The van der Waals surface area contributed by atoms with E-state index in [1.807, 2.05) is 76.2 Å². The van der Waals surface area contributed by atoms with E-state index in [4.69, 9.17) is 0 Å². The van der Waals surface area contributed by atoms with Gasteiger partial charge in [0.05, 0.1) is 17.4 Å². The smallest absolute Gasteiger partial charge is 0.319 e. The molecule has 2 aromatic carbocycles. The summed E-state index contributed by atoms with van der Waals surface area (Å²) in [6.07, 6.45) is 4.80. The zero-order valence-corrected chi connectivity index (χ0v) is 16.8. The van der Waals surface area contributed by atoms with Gasteiger partial charge in [0.1, 0.15) is 0 Å². The maximum absolute atomic E-state index is 12.2. The Balaban J connectivity index is 1.12. The molecule has 0 radical (unpaired) electrons. The predicted octanol–water partition coefficient (Wildman–Crippen LogP) is 3.22. The minimum Gasteiger partial charge on any atom is -0.337 e. The summed E-state index contributed by atoms with van der Waals surface area (Å²) in [5, 5.41) is 22.2. The zero-order valence-electron chi connectivity index (χ0n) is 16.8. The predicted molar refractivity (Wildman–Crippen MR) is 116 cm³/mol. The third-order valence-electron chi connectivity index (χ3n) is 5.12. The van der Waals surface area contributed by atoms with Crippen molar-refractivity contribution in [2.45, 2.75) is 25.3 Å². The van der Waals surface area contributed by atoms with E-state index in [9.17, 15) is 4.79 Å². The number of benzene rings is 2. The normalized spacial score (nSPS) is 13.2. The Morgan fingerprint density at radius 2 is 1.84 bits per heavy atom. The van der Waals surface area contributed by atoms with E-state index in [0.29, 0.717) is 24.7 Å². The molecule has 0 unspecified atom stereocenters. The highest BCUT2D eigenvalue weighted by molar-refractivity contribution is 5.89. The molecule has 9 nitrogen and oxygen atoms in total. The summed E-state index contributed by atoms with van der Waals surface area (Å²) in [6.45, 7) is 0.492. The summed E-state index contributed by atoms with van der Waals surface area (Å²) < 4.78 is 3.70. The Labute approximate surface area is 179 Å². The fraction of sp³-hybridized carbons (Fsp3) is 0.227. The second kappa shape index (κ2) is 8.39. The molecule has 0 atom stereocenters. The van der Waals surface area contributed by atoms with Gasteiger partial charge in [-0.05, 0) is 65.7 Å². The Morgan fingerprint density at radius 1 is 1.03 bits per heavy atom. The van der Waals surface area contributed by atoms with E-state index in [0.717, 1.165) is 35.6 Å². The third-order valence-corrected chi connectivity index (χ3v) is 5.12. The van der Waals surface area contributed by atoms with E-state index in [2.05, 4.69) is 31.3 Å². The molecule has 1 aliphatic carbocycles. The number of nitrogens with one attached hydrogen (secondary N) is 2. The molecule has 2 amide bonds. The molecule has 1 aliphatic rings. The monoisotopic (exact) mass is 414 g/mol. The Bertz CT molecular complexity index is 1160. The number of carbonyl (C=O) groups excluding carboxylic acids is 1. The number of tetrazole rings is 1. The molecule has 0 aliphatic heterocycles. The molecule has 0 saturated heterocycles. The minimum atomic E-state index is -0.252. The summed E-state index contributed by atoms with van der Waals surface area (Å²) in [6, 6.07) is 19.6. The average molecular weight is 414 g/mol. The van der Waals surface area contributed by atoms with Crippen LogP contribution in [0.1, 0.15) is 24.6 Å². The van der Waals surface area contributed by atoms with E-state index >= 15 is 0 Å². The van der Waals surface area contributed by atoms with E-state index < -0.39 is 0 Å². The summed E-state index contributed by atoms with van der Waals surface area (Å²) in [7, 11) is 0. The van der Waals surface area contributed by atoms with Crippen LogP contribution in [0.4, 0.5) is 10.5 Å². The molecule has 2 heterocycles. The number of urea groups is 1. The van der Waals surface area contributed by atoms with Crippen LogP contribution in [0.3, 0.4) is 0 Å². The topological polar surface area (TPSA) is 103 Å². The lowest BCUT2D eigenvalue weighted by molar-refractivity contribution is 0.252. The van der Waals surface area contributed by atoms with Crippen molar-refractivity contribution in [3.63, 3.8) is 0 Å². The highest BCUT2D eigenvalue weighted by Gasteiger charge is 2.28. The van der Waals surface area contributed by atoms with Crippen LogP contribution in [0.15, 0.2) is 66.9 Å². The van der Waals surface area contributed by atoms with E-state index in [1.165, 1.54) is 0 Å². The summed E-state index contributed by atoms with van der Waals surface area (Å²) in [5.74, 6) is 0.758. The largest absolute Gasteiger partial charge is 0.337 e. The Hall–Kier alpha value is -4.01. The third kappa shape index (κ3) is 4.45. The van der Waals surface area contributed by atoms with Gasteiger partial charge in [-0.2, -0.15) is 5.10 Å². The highest BCUT2D eigenvalue weighted by Crippen LogP contribution is 2.36. The van der Waals surface area contributed by atoms with Crippen molar-refractivity contribution in [1.82, 2.24) is 35.3 Å². The van der Waals surface area contributed by atoms with Crippen LogP contribution in [0.25, 0.3) is 17.1 Å². The van der Waals surface area contributed by atoms with Crippen LogP contribution in [0.2, 0.25) is 0 Å². The van der Waals surface area contributed by atoms with Gasteiger partial charge >= 0.3 is 6.03 Å². The zero-order chi connectivity index (χ0) is 21.0. The number of rotatable bonds is 7. The first-order chi connectivity index (χ1) is 15.3. The van der Waals surface area contributed by atoms with Crippen molar-refractivity contribution in [2.24, 2.45) is 0 Å². The maximum Gasteiger partial charge on any atom is 0.319 e. The standard InChI is InChI=1S/C22H22N8O/c31-22(23-14-12-18-13-15-29(26-18)19-4-2-1-3-5-19)24-17-8-6-16(7-9-17)21-25-27-28-30(21)20-10-11-20/h1-9,13,15,20H,10-12,14H2,(H2,23,24,31). The van der Waals surface area contributed by atoms with Crippen molar-refractivity contribution in [2.75, 3.05) is 11.9 Å². The molecule has 1 fully saturated rings. The molecule has 9 heteroatoms. The number of carbonyl (C=O) groups is 1. The van der Waals surface area contributed by atoms with Gasteiger partial charge < -0.3 is 10.6 Å². The van der Waals surface area contributed by atoms with E-state index in [-0.39, 0.29) is 6.03 Å². The summed E-state index contributed by atoms with van der Waals surface area (Å²) >= 11 is 0. The fourth-order valence-corrected chi connectivity index (χ4v) is 3.35. The van der Waals surface area contributed by atoms with Crippen LogP contribution in [-0.4, -0.2) is 42.6 Å². The summed E-state index contributed by atoms with van der Waals surface area (Å²) in [5.41, 5.74) is 3.56.